The molecule has 0 aliphatic carbocycles. The second-order valence-electron chi connectivity index (χ2n) is 6.74. The van der Waals surface area contributed by atoms with E-state index in [-0.39, 0.29) is 41.4 Å². The van der Waals surface area contributed by atoms with Gasteiger partial charge in [0.2, 0.25) is 0 Å². The maximum Gasteiger partial charge on any atom is 0.387 e. The Morgan fingerprint density at radius 3 is 2.52 bits per heavy atom. The third-order valence-electron chi connectivity index (χ3n) is 4.41. The number of benzene rings is 2. The summed E-state index contributed by atoms with van der Waals surface area (Å²) in [7, 11) is 1.60. The summed E-state index contributed by atoms with van der Waals surface area (Å²) < 4.78 is 35.0. The number of rotatable bonds is 11. The Morgan fingerprint density at radius 1 is 1.06 bits per heavy atom. The molecule has 182 valence electrons. The van der Waals surface area contributed by atoms with Crippen LogP contribution < -0.4 is 25.4 Å². The molecule has 2 aromatic carbocycles. The Morgan fingerprint density at radius 2 is 1.85 bits per heavy atom. The average Bonchev–Trinajstić information content (AvgIpc) is 2.78. The van der Waals surface area contributed by atoms with Crippen molar-refractivity contribution in [2.75, 3.05) is 26.7 Å². The molecule has 0 heterocycles. The van der Waals surface area contributed by atoms with Crippen molar-refractivity contribution < 1.29 is 23.0 Å². The van der Waals surface area contributed by atoms with Gasteiger partial charge in [-0.2, -0.15) is 8.78 Å². The van der Waals surface area contributed by atoms with E-state index in [0.29, 0.717) is 44.2 Å². The summed E-state index contributed by atoms with van der Waals surface area (Å²) in [5.74, 6) is 0.764. The lowest BCUT2D eigenvalue weighted by Crippen LogP contribution is -2.38. The van der Waals surface area contributed by atoms with Gasteiger partial charge in [-0.05, 0) is 55.7 Å². The maximum absolute atomic E-state index is 12.6. The highest BCUT2D eigenvalue weighted by Crippen LogP contribution is 2.30. The number of carbonyl (C=O) groups is 1. The van der Waals surface area contributed by atoms with Gasteiger partial charge in [0.1, 0.15) is 0 Å². The molecule has 0 saturated heterocycles. The average molecular weight is 576 g/mol. The largest absolute Gasteiger partial charge is 0.490 e. The normalized spacial score (nSPS) is 10.9. The predicted octanol–water partition coefficient (Wildman–Crippen LogP) is 3.96. The first-order valence-corrected chi connectivity index (χ1v) is 10.5. The first-order valence-electron chi connectivity index (χ1n) is 10.5. The molecule has 0 unspecified atom stereocenters. The zero-order chi connectivity index (χ0) is 23.3. The van der Waals surface area contributed by atoms with E-state index in [0.717, 1.165) is 11.1 Å². The molecule has 3 N–H and O–H groups in total. The standard InChI is InChI=1S/C23H30F2N4O3.HI/c1-4-27-23(28-12-11-16-7-6-8-18(13-16)21(30)26-3)29-15-17-9-10-19(32-22(24)25)20(14-17)31-5-2;/h6-10,13-14,22H,4-5,11-12,15H2,1-3H3,(H,26,30)(H2,27,28,29);1H. The van der Waals surface area contributed by atoms with E-state index in [9.17, 15) is 13.6 Å². The van der Waals surface area contributed by atoms with Crippen LogP contribution in [0.2, 0.25) is 0 Å². The second-order valence-corrected chi connectivity index (χ2v) is 6.74. The zero-order valence-electron chi connectivity index (χ0n) is 19.0. The van der Waals surface area contributed by atoms with Crippen LogP contribution in [0.1, 0.15) is 35.3 Å². The number of carbonyl (C=O) groups excluding carboxylic acids is 1. The van der Waals surface area contributed by atoms with Crippen LogP contribution in [0.5, 0.6) is 11.5 Å². The molecule has 2 aromatic rings. The minimum atomic E-state index is -2.92. The molecule has 0 bridgehead atoms. The Labute approximate surface area is 210 Å². The first kappa shape index (κ1) is 28.4. The molecular weight excluding hydrogens is 545 g/mol. The quantitative estimate of drug-likeness (QED) is 0.214. The van der Waals surface area contributed by atoms with Gasteiger partial charge in [-0.15, -0.1) is 24.0 Å². The van der Waals surface area contributed by atoms with Crippen LogP contribution in [0.15, 0.2) is 47.5 Å². The molecule has 1 amide bonds. The summed E-state index contributed by atoms with van der Waals surface area (Å²) in [5, 5.41) is 9.06. The molecular formula is C23H31F2IN4O3. The summed E-state index contributed by atoms with van der Waals surface area (Å²) >= 11 is 0. The zero-order valence-corrected chi connectivity index (χ0v) is 21.3. The van der Waals surface area contributed by atoms with E-state index in [1.165, 1.54) is 6.07 Å². The van der Waals surface area contributed by atoms with Gasteiger partial charge >= 0.3 is 6.61 Å². The summed E-state index contributed by atoms with van der Waals surface area (Å²) in [6.45, 7) is 2.79. The number of nitrogens with one attached hydrogen (secondary N) is 3. The molecule has 0 spiro atoms. The monoisotopic (exact) mass is 576 g/mol. The number of ether oxygens (including phenoxy) is 2. The number of aliphatic imine (C=N–C) groups is 1. The number of nitrogens with zero attached hydrogens (tertiary/aromatic N) is 1. The molecule has 0 aromatic heterocycles. The van der Waals surface area contributed by atoms with Crippen molar-refractivity contribution in [2.24, 2.45) is 4.99 Å². The lowest BCUT2D eigenvalue weighted by Gasteiger charge is -2.13. The van der Waals surface area contributed by atoms with E-state index >= 15 is 0 Å². The lowest BCUT2D eigenvalue weighted by atomic mass is 10.1. The van der Waals surface area contributed by atoms with Crippen molar-refractivity contribution in [3.8, 4) is 11.5 Å². The SMILES string of the molecule is CCNC(=NCc1ccc(OC(F)F)c(OCC)c1)NCCc1cccc(C(=O)NC)c1.I. The van der Waals surface area contributed by atoms with E-state index in [4.69, 9.17) is 4.74 Å². The maximum atomic E-state index is 12.6. The predicted molar refractivity (Wildman–Crippen MR) is 136 cm³/mol. The molecule has 0 fully saturated rings. The molecule has 0 saturated carbocycles. The number of halogens is 3. The smallest absolute Gasteiger partial charge is 0.387 e. The van der Waals surface area contributed by atoms with Crippen molar-refractivity contribution in [1.82, 2.24) is 16.0 Å². The van der Waals surface area contributed by atoms with Crippen molar-refractivity contribution in [3.63, 3.8) is 0 Å². The lowest BCUT2D eigenvalue weighted by molar-refractivity contribution is -0.0514. The Hall–Kier alpha value is -2.63. The summed E-state index contributed by atoms with van der Waals surface area (Å²) in [5.41, 5.74) is 2.45. The Balaban J connectivity index is 0.00000544. The van der Waals surface area contributed by atoms with Gasteiger partial charge in [-0.1, -0.05) is 18.2 Å². The second kappa shape index (κ2) is 15.3. The number of amides is 1. The third kappa shape index (κ3) is 9.80. The van der Waals surface area contributed by atoms with Crippen LogP contribution in [0, 0.1) is 0 Å². The third-order valence-corrected chi connectivity index (χ3v) is 4.41. The van der Waals surface area contributed by atoms with Gasteiger partial charge < -0.3 is 25.4 Å². The summed E-state index contributed by atoms with van der Waals surface area (Å²) in [4.78, 5) is 16.3. The molecule has 0 atom stereocenters. The molecule has 10 heteroatoms. The minimum Gasteiger partial charge on any atom is -0.490 e. The van der Waals surface area contributed by atoms with E-state index in [1.807, 2.05) is 25.1 Å². The highest BCUT2D eigenvalue weighted by Gasteiger charge is 2.11. The molecule has 33 heavy (non-hydrogen) atoms. The highest BCUT2D eigenvalue weighted by molar-refractivity contribution is 14.0. The molecule has 7 nitrogen and oxygen atoms in total. The van der Waals surface area contributed by atoms with Crippen LogP contribution in [-0.4, -0.2) is 45.2 Å². The molecule has 0 radical (unpaired) electrons. The van der Waals surface area contributed by atoms with Crippen LogP contribution >= 0.6 is 24.0 Å². The number of alkyl halides is 2. The van der Waals surface area contributed by atoms with Gasteiger partial charge in [0.15, 0.2) is 17.5 Å². The Bertz CT molecular complexity index is 913. The van der Waals surface area contributed by atoms with Crippen LogP contribution in [-0.2, 0) is 13.0 Å². The number of guanidine groups is 1. The van der Waals surface area contributed by atoms with Crippen LogP contribution in [0.25, 0.3) is 0 Å². The van der Waals surface area contributed by atoms with Crippen molar-refractivity contribution in [2.45, 2.75) is 33.4 Å². The number of hydrogen-bond acceptors (Lipinski definition) is 4. The number of hydrogen-bond donors (Lipinski definition) is 3. The summed E-state index contributed by atoms with van der Waals surface area (Å²) in [6, 6.07) is 12.3. The first-order chi connectivity index (χ1) is 15.5. The van der Waals surface area contributed by atoms with E-state index in [1.54, 1.807) is 32.2 Å². The fraction of sp³-hybridized carbons (Fsp3) is 0.391. The van der Waals surface area contributed by atoms with Gasteiger partial charge in [0.05, 0.1) is 13.2 Å². The minimum absolute atomic E-state index is 0. The van der Waals surface area contributed by atoms with Gasteiger partial charge in [0.25, 0.3) is 5.91 Å². The van der Waals surface area contributed by atoms with Gasteiger partial charge in [-0.3, -0.25) is 4.79 Å². The van der Waals surface area contributed by atoms with Crippen molar-refractivity contribution in [3.05, 3.63) is 59.2 Å². The summed E-state index contributed by atoms with van der Waals surface area (Å²) in [6.07, 6.45) is 0.712. The van der Waals surface area contributed by atoms with E-state index in [2.05, 4.69) is 25.7 Å². The topological polar surface area (TPSA) is 84.0 Å². The molecule has 2 rings (SSSR count). The van der Waals surface area contributed by atoms with Crippen molar-refractivity contribution >= 4 is 35.8 Å². The van der Waals surface area contributed by atoms with Crippen LogP contribution in [0.4, 0.5) is 8.78 Å². The van der Waals surface area contributed by atoms with Crippen molar-refractivity contribution in [1.29, 1.82) is 0 Å². The fourth-order valence-electron chi connectivity index (χ4n) is 2.96. The van der Waals surface area contributed by atoms with E-state index < -0.39 is 6.61 Å². The van der Waals surface area contributed by atoms with Gasteiger partial charge in [0, 0.05) is 25.7 Å². The Kier molecular flexibility index (Phi) is 13.1. The molecule has 0 aliphatic heterocycles. The van der Waals surface area contributed by atoms with Gasteiger partial charge in [-0.25, -0.2) is 4.99 Å². The molecule has 0 aliphatic rings. The fourth-order valence-corrected chi connectivity index (χ4v) is 2.96. The highest BCUT2D eigenvalue weighted by atomic mass is 127. The van der Waals surface area contributed by atoms with Crippen LogP contribution in [0.3, 0.4) is 0 Å².